The van der Waals surface area contributed by atoms with E-state index < -0.39 is 22.7 Å². The molecular formula is C14H14ClF3N4OS. The van der Waals surface area contributed by atoms with Crippen LogP contribution in [-0.2, 0) is 17.5 Å². The lowest BCUT2D eigenvalue weighted by molar-refractivity contribution is -0.137. The van der Waals surface area contributed by atoms with Crippen LogP contribution in [0.25, 0.3) is 0 Å². The molecule has 0 aliphatic rings. The summed E-state index contributed by atoms with van der Waals surface area (Å²) < 4.78 is 40.2. The summed E-state index contributed by atoms with van der Waals surface area (Å²) in [7, 11) is 0. The molecule has 1 N–H and O–H groups in total. The quantitative estimate of drug-likeness (QED) is 0.799. The number of hydrogen-bond acceptors (Lipinski definition) is 4. The topological polar surface area (TPSA) is 59.8 Å². The third kappa shape index (κ3) is 4.41. The molecule has 0 unspecified atom stereocenters. The van der Waals surface area contributed by atoms with Gasteiger partial charge in [-0.1, -0.05) is 23.4 Å². The normalized spacial score (nSPS) is 11.6. The van der Waals surface area contributed by atoms with E-state index in [1.165, 1.54) is 6.07 Å². The van der Waals surface area contributed by atoms with Gasteiger partial charge >= 0.3 is 6.18 Å². The standard InChI is InChI=1S/C14H14ClF3N4OS/c1-3-22-8(2)20-21-13(22)24-7-12(23)19-9-4-5-11(15)10(6-9)14(16,17)18/h4-6H,3,7H2,1-2H3,(H,19,23). The Hall–Kier alpha value is -1.74. The number of benzene rings is 1. The zero-order valence-corrected chi connectivity index (χ0v) is 14.4. The summed E-state index contributed by atoms with van der Waals surface area (Å²) in [6, 6.07) is 3.23. The summed E-state index contributed by atoms with van der Waals surface area (Å²) in [5.41, 5.74) is -0.957. The Labute approximate surface area is 145 Å². The van der Waals surface area contributed by atoms with Gasteiger partial charge in [-0.15, -0.1) is 10.2 Å². The van der Waals surface area contributed by atoms with Crippen molar-refractivity contribution in [1.82, 2.24) is 14.8 Å². The van der Waals surface area contributed by atoms with Gasteiger partial charge in [0.1, 0.15) is 5.82 Å². The molecule has 0 atom stereocenters. The first-order valence-corrected chi connectivity index (χ1v) is 8.28. The maximum atomic E-state index is 12.8. The van der Waals surface area contributed by atoms with Gasteiger partial charge in [0.2, 0.25) is 5.91 Å². The van der Waals surface area contributed by atoms with Crippen molar-refractivity contribution in [1.29, 1.82) is 0 Å². The van der Waals surface area contributed by atoms with Crippen LogP contribution < -0.4 is 5.32 Å². The highest BCUT2D eigenvalue weighted by atomic mass is 35.5. The molecular weight excluding hydrogens is 365 g/mol. The van der Waals surface area contributed by atoms with Gasteiger partial charge in [-0.05, 0) is 32.0 Å². The van der Waals surface area contributed by atoms with Crippen LogP contribution in [0.1, 0.15) is 18.3 Å². The SMILES string of the molecule is CCn1c(C)nnc1SCC(=O)Nc1ccc(Cl)c(C(F)(F)F)c1. The van der Waals surface area contributed by atoms with Crippen molar-refractivity contribution in [3.8, 4) is 0 Å². The van der Waals surface area contributed by atoms with Crippen LogP contribution in [0, 0.1) is 6.92 Å². The number of thioether (sulfide) groups is 1. The van der Waals surface area contributed by atoms with Gasteiger partial charge in [0.15, 0.2) is 5.16 Å². The van der Waals surface area contributed by atoms with E-state index >= 15 is 0 Å². The number of halogens is 4. The molecule has 130 valence electrons. The molecule has 0 fully saturated rings. The van der Waals surface area contributed by atoms with Crippen molar-refractivity contribution in [2.45, 2.75) is 31.7 Å². The highest BCUT2D eigenvalue weighted by molar-refractivity contribution is 7.99. The fourth-order valence-electron chi connectivity index (χ4n) is 1.98. The summed E-state index contributed by atoms with van der Waals surface area (Å²) in [6.07, 6.45) is -4.58. The minimum absolute atomic E-state index is 0.00209. The minimum Gasteiger partial charge on any atom is -0.325 e. The smallest absolute Gasteiger partial charge is 0.325 e. The van der Waals surface area contributed by atoms with Crippen molar-refractivity contribution in [3.05, 3.63) is 34.6 Å². The van der Waals surface area contributed by atoms with Gasteiger partial charge < -0.3 is 9.88 Å². The van der Waals surface area contributed by atoms with Crippen LogP contribution in [0.4, 0.5) is 18.9 Å². The second-order valence-corrected chi connectivity index (χ2v) is 6.15. The van der Waals surface area contributed by atoms with Gasteiger partial charge in [0.25, 0.3) is 0 Å². The number of hydrogen-bond donors (Lipinski definition) is 1. The lowest BCUT2D eigenvalue weighted by Crippen LogP contribution is -2.15. The van der Waals surface area contributed by atoms with Crippen LogP contribution >= 0.6 is 23.4 Å². The number of carbonyl (C=O) groups is 1. The Morgan fingerprint density at radius 3 is 2.71 bits per heavy atom. The molecule has 0 bridgehead atoms. The molecule has 0 radical (unpaired) electrons. The molecule has 10 heteroatoms. The second kappa shape index (κ2) is 7.43. The average Bonchev–Trinajstić information content (AvgIpc) is 2.86. The molecule has 0 saturated carbocycles. The van der Waals surface area contributed by atoms with E-state index in [1.807, 2.05) is 11.5 Å². The predicted molar refractivity (Wildman–Crippen MR) is 86.2 cm³/mol. The van der Waals surface area contributed by atoms with Crippen molar-refractivity contribution in [3.63, 3.8) is 0 Å². The minimum atomic E-state index is -4.58. The fourth-order valence-corrected chi connectivity index (χ4v) is 3.05. The maximum Gasteiger partial charge on any atom is 0.417 e. The van der Waals surface area contributed by atoms with Crippen LogP contribution in [0.5, 0.6) is 0 Å². The molecule has 0 spiro atoms. The van der Waals surface area contributed by atoms with Gasteiger partial charge in [-0.25, -0.2) is 0 Å². The molecule has 0 aliphatic heterocycles. The summed E-state index contributed by atoms with van der Waals surface area (Å²) in [4.78, 5) is 11.9. The van der Waals surface area contributed by atoms with E-state index in [-0.39, 0.29) is 11.4 Å². The molecule has 1 aromatic heterocycles. The number of amides is 1. The largest absolute Gasteiger partial charge is 0.417 e. The number of rotatable bonds is 5. The van der Waals surface area contributed by atoms with Gasteiger partial charge in [-0.3, -0.25) is 4.79 Å². The van der Waals surface area contributed by atoms with E-state index in [0.29, 0.717) is 11.7 Å². The van der Waals surface area contributed by atoms with Crippen LogP contribution in [0.2, 0.25) is 5.02 Å². The van der Waals surface area contributed by atoms with Gasteiger partial charge in [0, 0.05) is 12.2 Å². The molecule has 0 saturated heterocycles. The third-order valence-corrected chi connectivity index (χ3v) is 4.40. The highest BCUT2D eigenvalue weighted by Crippen LogP contribution is 2.36. The molecule has 24 heavy (non-hydrogen) atoms. The Morgan fingerprint density at radius 1 is 1.38 bits per heavy atom. The fraction of sp³-hybridized carbons (Fsp3) is 0.357. The molecule has 1 amide bonds. The van der Waals surface area contributed by atoms with E-state index in [4.69, 9.17) is 11.6 Å². The van der Waals surface area contributed by atoms with Gasteiger partial charge in [0.05, 0.1) is 16.3 Å². The highest BCUT2D eigenvalue weighted by Gasteiger charge is 2.33. The lowest BCUT2D eigenvalue weighted by atomic mass is 10.2. The van der Waals surface area contributed by atoms with Crippen molar-refractivity contribution in [2.24, 2.45) is 0 Å². The number of nitrogens with one attached hydrogen (secondary N) is 1. The summed E-state index contributed by atoms with van der Waals surface area (Å²) >= 11 is 6.70. The number of aromatic nitrogens is 3. The lowest BCUT2D eigenvalue weighted by Gasteiger charge is -2.11. The average molecular weight is 379 g/mol. The zero-order chi connectivity index (χ0) is 17.9. The number of alkyl halides is 3. The number of aryl methyl sites for hydroxylation is 1. The van der Waals surface area contributed by atoms with Crippen molar-refractivity contribution >= 4 is 35.0 Å². The Morgan fingerprint density at radius 2 is 2.08 bits per heavy atom. The molecule has 1 heterocycles. The first-order chi connectivity index (χ1) is 11.2. The molecule has 1 aromatic carbocycles. The van der Waals surface area contributed by atoms with Crippen LogP contribution in [0.15, 0.2) is 23.4 Å². The number of nitrogens with zero attached hydrogens (tertiary/aromatic N) is 3. The number of carbonyl (C=O) groups excluding carboxylic acids is 1. The molecule has 0 aliphatic carbocycles. The van der Waals surface area contributed by atoms with Crippen LogP contribution in [0.3, 0.4) is 0 Å². The van der Waals surface area contributed by atoms with Gasteiger partial charge in [-0.2, -0.15) is 13.2 Å². The maximum absolute atomic E-state index is 12.8. The predicted octanol–water partition coefficient (Wildman–Crippen LogP) is 4.01. The Kier molecular flexibility index (Phi) is 5.76. The monoisotopic (exact) mass is 378 g/mol. The molecule has 5 nitrogen and oxygen atoms in total. The molecule has 2 aromatic rings. The van der Waals surface area contributed by atoms with Crippen molar-refractivity contribution in [2.75, 3.05) is 11.1 Å². The second-order valence-electron chi connectivity index (χ2n) is 4.80. The van der Waals surface area contributed by atoms with Crippen molar-refractivity contribution < 1.29 is 18.0 Å². The third-order valence-electron chi connectivity index (χ3n) is 3.11. The van der Waals surface area contributed by atoms with E-state index in [9.17, 15) is 18.0 Å². The van der Waals surface area contributed by atoms with E-state index in [1.54, 1.807) is 6.92 Å². The first-order valence-electron chi connectivity index (χ1n) is 6.91. The Bertz CT molecular complexity index is 748. The summed E-state index contributed by atoms with van der Waals surface area (Å²) in [5.74, 6) is 0.286. The Balaban J connectivity index is 2.02. The zero-order valence-electron chi connectivity index (χ0n) is 12.8. The number of anilines is 1. The first kappa shape index (κ1) is 18.6. The van der Waals surface area contributed by atoms with E-state index in [0.717, 1.165) is 29.7 Å². The summed E-state index contributed by atoms with van der Waals surface area (Å²) in [6.45, 7) is 4.38. The molecule has 2 rings (SSSR count). The summed E-state index contributed by atoms with van der Waals surface area (Å²) in [5, 5.41) is 10.5. The van der Waals surface area contributed by atoms with E-state index in [2.05, 4.69) is 15.5 Å². The van der Waals surface area contributed by atoms with Crippen LogP contribution in [-0.4, -0.2) is 26.4 Å².